The molecule has 1 heterocycles. The van der Waals surface area contributed by atoms with E-state index in [1.54, 1.807) is 5.70 Å². The third-order valence-electron chi connectivity index (χ3n) is 2.79. The minimum atomic E-state index is 1.16. The molecule has 0 bridgehead atoms. The van der Waals surface area contributed by atoms with Crippen molar-refractivity contribution in [3.8, 4) is 0 Å². The highest BCUT2D eigenvalue weighted by Gasteiger charge is 2.13. The molecule has 1 aliphatic heterocycles. The van der Waals surface area contributed by atoms with Gasteiger partial charge in [-0.2, -0.15) is 0 Å². The quantitative estimate of drug-likeness (QED) is 0.632. The van der Waals surface area contributed by atoms with Crippen LogP contribution in [-0.2, 0) is 0 Å². The summed E-state index contributed by atoms with van der Waals surface area (Å²) in [6, 6.07) is 0. The van der Waals surface area contributed by atoms with Crippen molar-refractivity contribution in [3.63, 3.8) is 0 Å². The molecule has 1 fully saturated rings. The summed E-state index contributed by atoms with van der Waals surface area (Å²) in [7, 11) is 0. The van der Waals surface area contributed by atoms with E-state index in [-0.39, 0.29) is 0 Å². The van der Waals surface area contributed by atoms with Gasteiger partial charge in [-0.1, -0.05) is 6.08 Å². The Hall–Kier alpha value is -0.500. The molecule has 68 valence electrons. The molecular weight excluding hydrogens is 148 g/mol. The number of hydrogen-bond acceptors (Lipinski definition) is 2. The van der Waals surface area contributed by atoms with Gasteiger partial charge in [-0.25, -0.2) is 0 Å². The van der Waals surface area contributed by atoms with Crippen molar-refractivity contribution in [3.05, 3.63) is 11.8 Å². The second-order valence-electron chi connectivity index (χ2n) is 3.68. The second kappa shape index (κ2) is 3.94. The predicted octanol–water partition coefficient (Wildman–Crippen LogP) is 1.35. The zero-order valence-corrected chi connectivity index (χ0v) is 7.68. The van der Waals surface area contributed by atoms with E-state index in [4.69, 9.17) is 0 Å². The Bertz CT molecular complexity index is 169. The first-order valence-electron chi connectivity index (χ1n) is 5.11. The molecule has 0 aromatic rings. The fourth-order valence-corrected chi connectivity index (χ4v) is 2.06. The molecule has 2 nitrogen and oxygen atoms in total. The molecule has 1 saturated heterocycles. The van der Waals surface area contributed by atoms with E-state index in [0.29, 0.717) is 0 Å². The van der Waals surface area contributed by atoms with Crippen LogP contribution in [0.1, 0.15) is 25.7 Å². The van der Waals surface area contributed by atoms with Crippen LogP contribution in [0.15, 0.2) is 11.8 Å². The number of nitrogens with zero attached hydrogens (tertiary/aromatic N) is 1. The Morgan fingerprint density at radius 3 is 2.67 bits per heavy atom. The third kappa shape index (κ3) is 1.81. The van der Waals surface area contributed by atoms with E-state index in [1.807, 2.05) is 0 Å². The Morgan fingerprint density at radius 2 is 2.00 bits per heavy atom. The SMILES string of the molecule is C1=C(N2CCNCC2)CCCC1. The molecule has 0 amide bonds. The van der Waals surface area contributed by atoms with Gasteiger partial charge in [0.15, 0.2) is 0 Å². The molecule has 2 heteroatoms. The van der Waals surface area contributed by atoms with Gasteiger partial charge in [-0.3, -0.25) is 0 Å². The van der Waals surface area contributed by atoms with E-state index >= 15 is 0 Å². The van der Waals surface area contributed by atoms with Gasteiger partial charge < -0.3 is 10.2 Å². The first kappa shape index (κ1) is 8.11. The third-order valence-corrected chi connectivity index (χ3v) is 2.79. The number of nitrogens with one attached hydrogen (secondary N) is 1. The summed E-state index contributed by atoms with van der Waals surface area (Å²) in [5, 5.41) is 3.38. The predicted molar refractivity (Wildman–Crippen MR) is 51.0 cm³/mol. The molecule has 0 atom stereocenters. The summed E-state index contributed by atoms with van der Waals surface area (Å²) in [6.07, 6.45) is 7.86. The average Bonchev–Trinajstić information content (AvgIpc) is 2.21. The lowest BCUT2D eigenvalue weighted by molar-refractivity contribution is 0.283. The highest BCUT2D eigenvalue weighted by Crippen LogP contribution is 2.20. The Labute approximate surface area is 74.6 Å². The molecule has 0 aromatic carbocycles. The first-order chi connectivity index (χ1) is 5.97. The van der Waals surface area contributed by atoms with E-state index in [0.717, 1.165) is 13.1 Å². The van der Waals surface area contributed by atoms with Crippen molar-refractivity contribution in [2.24, 2.45) is 0 Å². The van der Waals surface area contributed by atoms with Crippen LogP contribution < -0.4 is 5.32 Å². The lowest BCUT2D eigenvalue weighted by Gasteiger charge is -2.33. The molecule has 12 heavy (non-hydrogen) atoms. The second-order valence-corrected chi connectivity index (χ2v) is 3.68. The summed E-state index contributed by atoms with van der Waals surface area (Å²) >= 11 is 0. The first-order valence-corrected chi connectivity index (χ1v) is 5.11. The number of hydrogen-bond donors (Lipinski definition) is 1. The van der Waals surface area contributed by atoms with Crippen molar-refractivity contribution < 1.29 is 0 Å². The fourth-order valence-electron chi connectivity index (χ4n) is 2.06. The summed E-state index contributed by atoms with van der Waals surface area (Å²) in [5.41, 5.74) is 1.61. The molecule has 2 rings (SSSR count). The van der Waals surface area contributed by atoms with Crippen LogP contribution in [0, 0.1) is 0 Å². The van der Waals surface area contributed by atoms with E-state index in [2.05, 4.69) is 16.3 Å². The van der Waals surface area contributed by atoms with Gasteiger partial charge in [0, 0.05) is 31.9 Å². The molecule has 0 unspecified atom stereocenters. The van der Waals surface area contributed by atoms with Crippen LogP contribution in [-0.4, -0.2) is 31.1 Å². The smallest absolute Gasteiger partial charge is 0.0300 e. The van der Waals surface area contributed by atoms with Gasteiger partial charge in [0.05, 0.1) is 0 Å². The maximum absolute atomic E-state index is 3.38. The highest BCUT2D eigenvalue weighted by molar-refractivity contribution is 5.05. The number of rotatable bonds is 1. The summed E-state index contributed by atoms with van der Waals surface area (Å²) < 4.78 is 0. The Morgan fingerprint density at radius 1 is 1.17 bits per heavy atom. The lowest BCUT2D eigenvalue weighted by atomic mass is 10.0. The van der Waals surface area contributed by atoms with Crippen molar-refractivity contribution in [2.45, 2.75) is 25.7 Å². The van der Waals surface area contributed by atoms with Gasteiger partial charge in [0.2, 0.25) is 0 Å². The summed E-state index contributed by atoms with van der Waals surface area (Å²) in [5.74, 6) is 0. The van der Waals surface area contributed by atoms with Gasteiger partial charge in [0.1, 0.15) is 0 Å². The van der Waals surface area contributed by atoms with Crippen LogP contribution in [0.2, 0.25) is 0 Å². The van der Waals surface area contributed by atoms with Crippen LogP contribution >= 0.6 is 0 Å². The maximum atomic E-state index is 3.38. The molecule has 2 aliphatic rings. The molecule has 0 saturated carbocycles. The van der Waals surface area contributed by atoms with Crippen molar-refractivity contribution in [2.75, 3.05) is 26.2 Å². The molecule has 0 aromatic heterocycles. The normalized spacial score (nSPS) is 25.3. The van der Waals surface area contributed by atoms with E-state index < -0.39 is 0 Å². The fraction of sp³-hybridized carbons (Fsp3) is 0.800. The van der Waals surface area contributed by atoms with Crippen LogP contribution in [0.4, 0.5) is 0 Å². The van der Waals surface area contributed by atoms with Gasteiger partial charge in [0.25, 0.3) is 0 Å². The van der Waals surface area contributed by atoms with Crippen LogP contribution in [0.5, 0.6) is 0 Å². The molecule has 0 radical (unpaired) electrons. The van der Waals surface area contributed by atoms with Gasteiger partial charge in [-0.05, 0) is 25.7 Å². The molecule has 0 spiro atoms. The Balaban J connectivity index is 1.92. The van der Waals surface area contributed by atoms with Crippen molar-refractivity contribution >= 4 is 0 Å². The van der Waals surface area contributed by atoms with Crippen molar-refractivity contribution in [1.82, 2.24) is 10.2 Å². The Kier molecular flexibility index (Phi) is 2.67. The van der Waals surface area contributed by atoms with Crippen LogP contribution in [0.25, 0.3) is 0 Å². The zero-order chi connectivity index (χ0) is 8.23. The van der Waals surface area contributed by atoms with E-state index in [1.165, 1.54) is 38.8 Å². The largest absolute Gasteiger partial charge is 0.373 e. The zero-order valence-electron chi connectivity index (χ0n) is 7.68. The van der Waals surface area contributed by atoms with Crippen molar-refractivity contribution in [1.29, 1.82) is 0 Å². The summed E-state index contributed by atoms with van der Waals surface area (Å²) in [4.78, 5) is 2.55. The minimum Gasteiger partial charge on any atom is -0.373 e. The standard InChI is InChI=1S/C10H18N2/c1-2-4-10(5-3-1)12-8-6-11-7-9-12/h4,11H,1-3,5-9H2. The number of piperazine rings is 1. The molecular formula is C10H18N2. The summed E-state index contributed by atoms with van der Waals surface area (Å²) in [6.45, 7) is 4.76. The minimum absolute atomic E-state index is 1.16. The number of allylic oxidation sites excluding steroid dienone is 2. The average molecular weight is 166 g/mol. The highest BCUT2D eigenvalue weighted by atomic mass is 15.2. The molecule has 1 N–H and O–H groups in total. The maximum Gasteiger partial charge on any atom is 0.0300 e. The topological polar surface area (TPSA) is 15.3 Å². The van der Waals surface area contributed by atoms with Gasteiger partial charge in [-0.15, -0.1) is 0 Å². The lowest BCUT2D eigenvalue weighted by Crippen LogP contribution is -2.43. The monoisotopic (exact) mass is 166 g/mol. The van der Waals surface area contributed by atoms with Gasteiger partial charge >= 0.3 is 0 Å². The van der Waals surface area contributed by atoms with E-state index in [9.17, 15) is 0 Å². The molecule has 1 aliphatic carbocycles. The van der Waals surface area contributed by atoms with Crippen LogP contribution in [0.3, 0.4) is 0 Å².